The molecule has 1 aliphatic heterocycles. The summed E-state index contributed by atoms with van der Waals surface area (Å²) in [7, 11) is 0. The van der Waals surface area contributed by atoms with Gasteiger partial charge in [0.05, 0.1) is 12.8 Å². The molecule has 100 valence electrons. The standard InChI is InChI=1S/C14H21NO3/c1-11(8-14(16)17)12-4-2-6-15(9-12)10-13-5-3-7-18-13/h3,5,7,11-12H,2,4,6,8-10H2,1H3,(H,16,17). The second kappa shape index (κ2) is 6.05. The van der Waals surface area contributed by atoms with E-state index in [1.54, 1.807) is 6.26 Å². The molecule has 18 heavy (non-hydrogen) atoms. The predicted molar refractivity (Wildman–Crippen MR) is 68.1 cm³/mol. The van der Waals surface area contributed by atoms with Gasteiger partial charge in [-0.15, -0.1) is 0 Å². The second-order valence-electron chi connectivity index (χ2n) is 5.29. The van der Waals surface area contributed by atoms with Crippen LogP contribution in [0.15, 0.2) is 22.8 Å². The van der Waals surface area contributed by atoms with Gasteiger partial charge in [0.15, 0.2) is 0 Å². The minimum atomic E-state index is -0.689. The molecule has 1 saturated heterocycles. The molecule has 2 rings (SSSR count). The van der Waals surface area contributed by atoms with Gasteiger partial charge in [-0.1, -0.05) is 6.92 Å². The molecular weight excluding hydrogens is 230 g/mol. The third kappa shape index (κ3) is 3.60. The van der Waals surface area contributed by atoms with Crippen LogP contribution < -0.4 is 0 Å². The lowest BCUT2D eigenvalue weighted by Crippen LogP contribution is -2.37. The second-order valence-corrected chi connectivity index (χ2v) is 5.29. The number of hydrogen-bond acceptors (Lipinski definition) is 3. The molecule has 4 heteroatoms. The third-order valence-corrected chi connectivity index (χ3v) is 3.80. The van der Waals surface area contributed by atoms with Gasteiger partial charge in [0, 0.05) is 13.0 Å². The quantitative estimate of drug-likeness (QED) is 0.874. The maximum Gasteiger partial charge on any atom is 0.303 e. The average Bonchev–Trinajstić information content (AvgIpc) is 2.81. The number of aliphatic carboxylic acids is 1. The number of piperidine rings is 1. The highest BCUT2D eigenvalue weighted by Crippen LogP contribution is 2.26. The van der Waals surface area contributed by atoms with Crippen LogP contribution in [0.5, 0.6) is 0 Å². The molecule has 0 aliphatic carbocycles. The van der Waals surface area contributed by atoms with Gasteiger partial charge in [0.25, 0.3) is 0 Å². The Kier molecular flexibility index (Phi) is 4.42. The number of carbonyl (C=O) groups is 1. The number of rotatable bonds is 5. The average molecular weight is 251 g/mol. The van der Waals surface area contributed by atoms with E-state index in [1.165, 1.54) is 0 Å². The monoisotopic (exact) mass is 251 g/mol. The smallest absolute Gasteiger partial charge is 0.303 e. The van der Waals surface area contributed by atoms with Gasteiger partial charge < -0.3 is 9.52 Å². The maximum atomic E-state index is 10.8. The van der Waals surface area contributed by atoms with Gasteiger partial charge in [-0.2, -0.15) is 0 Å². The summed E-state index contributed by atoms with van der Waals surface area (Å²) in [5, 5.41) is 8.86. The van der Waals surface area contributed by atoms with Crippen molar-refractivity contribution in [1.82, 2.24) is 4.90 Å². The Morgan fingerprint density at radius 2 is 2.50 bits per heavy atom. The van der Waals surface area contributed by atoms with Crippen LogP contribution in [0.25, 0.3) is 0 Å². The molecule has 1 aliphatic rings. The molecule has 1 fully saturated rings. The van der Waals surface area contributed by atoms with Crippen molar-refractivity contribution >= 4 is 5.97 Å². The van der Waals surface area contributed by atoms with E-state index in [9.17, 15) is 4.79 Å². The number of carboxylic acid groups (broad SMARTS) is 1. The van der Waals surface area contributed by atoms with Gasteiger partial charge >= 0.3 is 5.97 Å². The lowest BCUT2D eigenvalue weighted by molar-refractivity contribution is -0.138. The minimum Gasteiger partial charge on any atom is -0.481 e. The summed E-state index contributed by atoms with van der Waals surface area (Å²) in [6, 6.07) is 3.90. The summed E-state index contributed by atoms with van der Waals surface area (Å²) in [4.78, 5) is 13.1. The van der Waals surface area contributed by atoms with E-state index in [2.05, 4.69) is 11.8 Å². The van der Waals surface area contributed by atoms with Crippen molar-refractivity contribution < 1.29 is 14.3 Å². The lowest BCUT2D eigenvalue weighted by Gasteiger charge is -2.35. The van der Waals surface area contributed by atoms with E-state index < -0.39 is 5.97 Å². The van der Waals surface area contributed by atoms with E-state index in [4.69, 9.17) is 9.52 Å². The topological polar surface area (TPSA) is 53.7 Å². The van der Waals surface area contributed by atoms with E-state index in [0.29, 0.717) is 5.92 Å². The first kappa shape index (κ1) is 13.1. The van der Waals surface area contributed by atoms with Crippen LogP contribution in [-0.4, -0.2) is 29.1 Å². The molecule has 0 saturated carbocycles. The summed E-state index contributed by atoms with van der Waals surface area (Å²) < 4.78 is 5.36. The third-order valence-electron chi connectivity index (χ3n) is 3.80. The van der Waals surface area contributed by atoms with Crippen molar-refractivity contribution in [2.45, 2.75) is 32.7 Å². The summed E-state index contributed by atoms with van der Waals surface area (Å²) in [5.41, 5.74) is 0. The Labute approximate surface area is 108 Å². The van der Waals surface area contributed by atoms with Crippen molar-refractivity contribution in [1.29, 1.82) is 0 Å². The van der Waals surface area contributed by atoms with Crippen LogP contribution in [0.3, 0.4) is 0 Å². The normalized spacial score (nSPS) is 22.8. The first-order valence-corrected chi connectivity index (χ1v) is 6.61. The van der Waals surface area contributed by atoms with Crippen LogP contribution in [0.1, 0.15) is 31.9 Å². The maximum absolute atomic E-state index is 10.8. The molecule has 1 aromatic heterocycles. The number of nitrogens with zero attached hydrogens (tertiary/aromatic N) is 1. The molecule has 0 spiro atoms. The molecule has 0 aromatic carbocycles. The molecule has 2 unspecified atom stereocenters. The fourth-order valence-electron chi connectivity index (χ4n) is 2.76. The van der Waals surface area contributed by atoms with E-state index >= 15 is 0 Å². The Morgan fingerprint density at radius 1 is 1.67 bits per heavy atom. The SMILES string of the molecule is CC(CC(=O)O)C1CCCN(Cc2ccco2)C1. The zero-order valence-corrected chi connectivity index (χ0v) is 10.8. The summed E-state index contributed by atoms with van der Waals surface area (Å²) >= 11 is 0. The van der Waals surface area contributed by atoms with Crippen molar-refractivity contribution in [3.63, 3.8) is 0 Å². The van der Waals surface area contributed by atoms with Crippen LogP contribution in [0.4, 0.5) is 0 Å². The summed E-state index contributed by atoms with van der Waals surface area (Å²) in [6.07, 6.45) is 4.27. The fourth-order valence-corrected chi connectivity index (χ4v) is 2.76. The van der Waals surface area contributed by atoms with Crippen LogP contribution in [-0.2, 0) is 11.3 Å². The van der Waals surface area contributed by atoms with E-state index in [0.717, 1.165) is 38.2 Å². The number of furan rings is 1. The Balaban J connectivity index is 1.86. The zero-order valence-electron chi connectivity index (χ0n) is 10.8. The predicted octanol–water partition coefficient (Wildman–Crippen LogP) is 2.60. The van der Waals surface area contributed by atoms with Crippen molar-refractivity contribution in [3.05, 3.63) is 24.2 Å². The van der Waals surface area contributed by atoms with Gasteiger partial charge in [0.1, 0.15) is 5.76 Å². The Bertz CT molecular complexity index is 374. The van der Waals surface area contributed by atoms with Crippen molar-refractivity contribution in [2.24, 2.45) is 11.8 Å². The van der Waals surface area contributed by atoms with Crippen LogP contribution >= 0.6 is 0 Å². The first-order valence-electron chi connectivity index (χ1n) is 6.61. The summed E-state index contributed by atoms with van der Waals surface area (Å²) in [6.45, 7) is 4.95. The van der Waals surface area contributed by atoms with Gasteiger partial charge in [-0.3, -0.25) is 9.69 Å². The molecule has 0 radical (unpaired) electrons. The first-order chi connectivity index (χ1) is 8.65. The Morgan fingerprint density at radius 3 is 3.17 bits per heavy atom. The molecule has 2 atom stereocenters. The number of likely N-dealkylation sites (tertiary alicyclic amines) is 1. The zero-order chi connectivity index (χ0) is 13.0. The Hall–Kier alpha value is -1.29. The highest BCUT2D eigenvalue weighted by atomic mass is 16.4. The molecule has 4 nitrogen and oxygen atoms in total. The molecule has 1 aromatic rings. The summed E-state index contributed by atoms with van der Waals surface area (Å²) in [5.74, 6) is 1.04. The fraction of sp³-hybridized carbons (Fsp3) is 0.643. The minimum absolute atomic E-state index is 0.252. The molecule has 1 N–H and O–H groups in total. The van der Waals surface area contributed by atoms with Gasteiger partial charge in [-0.25, -0.2) is 0 Å². The van der Waals surface area contributed by atoms with Crippen LogP contribution in [0.2, 0.25) is 0 Å². The van der Waals surface area contributed by atoms with Gasteiger partial charge in [0.2, 0.25) is 0 Å². The van der Waals surface area contributed by atoms with Crippen LogP contribution in [0, 0.1) is 11.8 Å². The molecule has 2 heterocycles. The van der Waals surface area contributed by atoms with E-state index in [-0.39, 0.29) is 12.3 Å². The largest absolute Gasteiger partial charge is 0.481 e. The molecule has 0 bridgehead atoms. The van der Waals surface area contributed by atoms with Gasteiger partial charge in [-0.05, 0) is 43.4 Å². The van der Waals surface area contributed by atoms with Crippen molar-refractivity contribution in [3.8, 4) is 0 Å². The molecular formula is C14H21NO3. The number of hydrogen-bond donors (Lipinski definition) is 1. The highest BCUT2D eigenvalue weighted by molar-refractivity contribution is 5.67. The molecule has 0 amide bonds. The van der Waals surface area contributed by atoms with Crippen molar-refractivity contribution in [2.75, 3.05) is 13.1 Å². The van der Waals surface area contributed by atoms with E-state index in [1.807, 2.05) is 12.1 Å². The lowest BCUT2D eigenvalue weighted by atomic mass is 9.84. The number of carboxylic acids is 1. The highest BCUT2D eigenvalue weighted by Gasteiger charge is 2.26.